The van der Waals surface area contributed by atoms with Crippen LogP contribution in [-0.4, -0.2) is 19.9 Å². The normalized spacial score (nSPS) is 10.8. The molecule has 0 radical (unpaired) electrons. The van der Waals surface area contributed by atoms with Gasteiger partial charge in [-0.1, -0.05) is 18.2 Å². The zero-order chi connectivity index (χ0) is 16.5. The predicted molar refractivity (Wildman–Crippen MR) is 94.8 cm³/mol. The van der Waals surface area contributed by atoms with E-state index in [0.717, 1.165) is 27.6 Å². The summed E-state index contributed by atoms with van der Waals surface area (Å²) in [6.07, 6.45) is 5.21. The van der Waals surface area contributed by atoms with Crippen molar-refractivity contribution in [3.8, 4) is 22.4 Å². The number of pyridine rings is 2. The van der Waals surface area contributed by atoms with Crippen molar-refractivity contribution in [3.05, 3.63) is 61.1 Å². The van der Waals surface area contributed by atoms with E-state index in [1.807, 2.05) is 42.5 Å². The first kappa shape index (κ1) is 14.1. The second-order valence-corrected chi connectivity index (χ2v) is 5.34. The van der Waals surface area contributed by atoms with Gasteiger partial charge in [-0.05, 0) is 24.3 Å². The van der Waals surface area contributed by atoms with Crippen LogP contribution in [0.4, 0.5) is 11.8 Å². The Bertz CT molecular complexity index is 1030. The molecule has 6 nitrogen and oxygen atoms in total. The lowest BCUT2D eigenvalue weighted by atomic mass is 10.00. The number of hydrogen-bond acceptors (Lipinski definition) is 6. The number of nitrogen functional groups attached to an aromatic ring is 2. The van der Waals surface area contributed by atoms with Gasteiger partial charge in [0.15, 0.2) is 0 Å². The van der Waals surface area contributed by atoms with E-state index in [4.69, 9.17) is 11.5 Å². The van der Waals surface area contributed by atoms with Crippen LogP contribution in [0.3, 0.4) is 0 Å². The Hall–Kier alpha value is -3.54. The summed E-state index contributed by atoms with van der Waals surface area (Å²) >= 11 is 0. The summed E-state index contributed by atoms with van der Waals surface area (Å²) in [6, 6.07) is 13.6. The summed E-state index contributed by atoms with van der Waals surface area (Å²) in [6.45, 7) is 0. The number of nitrogens with two attached hydrogens (primary N) is 2. The molecule has 3 heterocycles. The van der Waals surface area contributed by atoms with Crippen molar-refractivity contribution in [3.63, 3.8) is 0 Å². The minimum Gasteiger partial charge on any atom is -0.383 e. The molecule has 0 saturated heterocycles. The molecule has 0 aliphatic rings. The third kappa shape index (κ3) is 2.40. The highest BCUT2D eigenvalue weighted by atomic mass is 15.0. The fourth-order valence-corrected chi connectivity index (χ4v) is 2.72. The van der Waals surface area contributed by atoms with Gasteiger partial charge >= 0.3 is 0 Å². The van der Waals surface area contributed by atoms with E-state index in [1.165, 1.54) is 0 Å². The number of fused-ring (bicyclic) bond motifs is 1. The molecule has 1 aromatic carbocycles. The highest BCUT2D eigenvalue weighted by Gasteiger charge is 2.16. The monoisotopic (exact) mass is 314 g/mol. The topological polar surface area (TPSA) is 104 Å². The summed E-state index contributed by atoms with van der Waals surface area (Å²) in [5.74, 6) is 0.471. The lowest BCUT2D eigenvalue weighted by Crippen LogP contribution is -2.04. The van der Waals surface area contributed by atoms with Gasteiger partial charge in [-0.15, -0.1) is 0 Å². The molecule has 0 saturated carbocycles. The Morgan fingerprint density at radius 1 is 0.833 bits per heavy atom. The first-order valence-electron chi connectivity index (χ1n) is 7.41. The molecule has 0 bridgehead atoms. The van der Waals surface area contributed by atoms with E-state index in [0.29, 0.717) is 11.5 Å². The fourth-order valence-electron chi connectivity index (χ4n) is 2.72. The maximum absolute atomic E-state index is 6.13. The van der Waals surface area contributed by atoms with Gasteiger partial charge in [0.2, 0.25) is 5.95 Å². The molecule has 0 aliphatic heterocycles. The average Bonchev–Trinajstić information content (AvgIpc) is 2.61. The number of rotatable bonds is 2. The van der Waals surface area contributed by atoms with E-state index < -0.39 is 0 Å². The summed E-state index contributed by atoms with van der Waals surface area (Å²) in [5, 5.41) is 1.02. The number of hydrogen-bond donors (Lipinski definition) is 2. The standard InChI is InChI=1S/C18H14N6/c19-17-15(13-4-1-7-21-10-13)16(23-18(20)24-17)12-5-6-14-11(9-12)3-2-8-22-14/h1-10H,(H4,19,20,23,24). The highest BCUT2D eigenvalue weighted by Crippen LogP contribution is 2.35. The van der Waals surface area contributed by atoms with E-state index in [9.17, 15) is 0 Å². The van der Waals surface area contributed by atoms with E-state index in [-0.39, 0.29) is 5.95 Å². The number of aromatic nitrogens is 4. The van der Waals surface area contributed by atoms with Crippen molar-refractivity contribution in [1.82, 2.24) is 19.9 Å². The van der Waals surface area contributed by atoms with Crippen molar-refractivity contribution in [2.75, 3.05) is 11.5 Å². The van der Waals surface area contributed by atoms with Crippen LogP contribution in [0.25, 0.3) is 33.3 Å². The highest BCUT2D eigenvalue weighted by molar-refractivity contribution is 5.91. The van der Waals surface area contributed by atoms with Gasteiger partial charge in [0.1, 0.15) is 5.82 Å². The Morgan fingerprint density at radius 3 is 2.54 bits per heavy atom. The van der Waals surface area contributed by atoms with Crippen molar-refractivity contribution in [1.29, 1.82) is 0 Å². The SMILES string of the molecule is Nc1nc(N)c(-c2cccnc2)c(-c2ccc3ncccc3c2)n1. The van der Waals surface area contributed by atoms with Gasteiger partial charge in [0.25, 0.3) is 0 Å². The fraction of sp³-hybridized carbons (Fsp3) is 0. The Labute approximate surface area is 138 Å². The van der Waals surface area contributed by atoms with Gasteiger partial charge in [0.05, 0.1) is 16.8 Å². The molecule has 4 N–H and O–H groups in total. The molecule has 116 valence electrons. The van der Waals surface area contributed by atoms with E-state index in [2.05, 4.69) is 19.9 Å². The molecule has 0 atom stereocenters. The van der Waals surface area contributed by atoms with Gasteiger partial charge in [-0.2, -0.15) is 4.98 Å². The average molecular weight is 314 g/mol. The predicted octanol–water partition coefficient (Wildman–Crippen LogP) is 2.92. The molecule has 24 heavy (non-hydrogen) atoms. The molecule has 6 heteroatoms. The third-order valence-electron chi connectivity index (χ3n) is 3.78. The molecule has 4 rings (SSSR count). The maximum Gasteiger partial charge on any atom is 0.222 e. The first-order chi connectivity index (χ1) is 11.7. The Kier molecular flexibility index (Phi) is 3.28. The molecule has 4 aromatic rings. The molecule has 0 fully saturated rings. The second kappa shape index (κ2) is 5.58. The second-order valence-electron chi connectivity index (χ2n) is 5.34. The van der Waals surface area contributed by atoms with Crippen molar-refractivity contribution in [2.24, 2.45) is 0 Å². The molecular formula is C18H14N6. The van der Waals surface area contributed by atoms with Crippen molar-refractivity contribution in [2.45, 2.75) is 0 Å². The van der Waals surface area contributed by atoms with Gasteiger partial charge in [0, 0.05) is 35.1 Å². The lowest BCUT2D eigenvalue weighted by Gasteiger charge is -2.12. The molecule has 0 unspecified atom stereocenters. The minimum atomic E-state index is 0.140. The Balaban J connectivity index is 1.99. The van der Waals surface area contributed by atoms with Crippen LogP contribution in [0.2, 0.25) is 0 Å². The minimum absolute atomic E-state index is 0.140. The van der Waals surface area contributed by atoms with Gasteiger partial charge < -0.3 is 11.5 Å². The largest absolute Gasteiger partial charge is 0.383 e. The summed E-state index contributed by atoms with van der Waals surface area (Å²) in [4.78, 5) is 17.0. The van der Waals surface area contributed by atoms with Gasteiger partial charge in [-0.25, -0.2) is 4.98 Å². The van der Waals surface area contributed by atoms with Crippen LogP contribution < -0.4 is 11.5 Å². The van der Waals surface area contributed by atoms with Crippen LogP contribution >= 0.6 is 0 Å². The molecule has 3 aromatic heterocycles. The number of nitrogens with zero attached hydrogens (tertiary/aromatic N) is 4. The number of anilines is 2. The Morgan fingerprint density at radius 2 is 1.71 bits per heavy atom. The third-order valence-corrected chi connectivity index (χ3v) is 3.78. The van der Waals surface area contributed by atoms with Crippen LogP contribution in [0.1, 0.15) is 0 Å². The van der Waals surface area contributed by atoms with E-state index in [1.54, 1.807) is 18.6 Å². The van der Waals surface area contributed by atoms with Gasteiger partial charge in [-0.3, -0.25) is 9.97 Å². The first-order valence-corrected chi connectivity index (χ1v) is 7.41. The van der Waals surface area contributed by atoms with Crippen LogP contribution in [-0.2, 0) is 0 Å². The smallest absolute Gasteiger partial charge is 0.222 e. The summed E-state index contributed by atoms with van der Waals surface area (Å²) in [7, 11) is 0. The van der Waals surface area contributed by atoms with Crippen molar-refractivity contribution < 1.29 is 0 Å². The van der Waals surface area contributed by atoms with Crippen LogP contribution in [0.15, 0.2) is 61.1 Å². The quantitative estimate of drug-likeness (QED) is 0.589. The van der Waals surface area contributed by atoms with E-state index >= 15 is 0 Å². The van der Waals surface area contributed by atoms with Crippen LogP contribution in [0.5, 0.6) is 0 Å². The van der Waals surface area contributed by atoms with Crippen molar-refractivity contribution >= 4 is 22.7 Å². The lowest BCUT2D eigenvalue weighted by molar-refractivity contribution is 1.20. The molecule has 0 spiro atoms. The van der Waals surface area contributed by atoms with Crippen LogP contribution in [0, 0.1) is 0 Å². The maximum atomic E-state index is 6.13. The summed E-state index contributed by atoms with van der Waals surface area (Å²) < 4.78 is 0. The number of benzene rings is 1. The zero-order valence-electron chi connectivity index (χ0n) is 12.7. The molecule has 0 amide bonds. The molecular weight excluding hydrogens is 300 g/mol. The molecule has 0 aliphatic carbocycles. The zero-order valence-corrected chi connectivity index (χ0v) is 12.7. The summed E-state index contributed by atoms with van der Waals surface area (Å²) in [5.41, 5.74) is 16.0.